The van der Waals surface area contributed by atoms with Crippen LogP contribution in [-0.2, 0) is 9.59 Å². The van der Waals surface area contributed by atoms with Crippen molar-refractivity contribution in [2.45, 2.75) is 25.8 Å². The van der Waals surface area contributed by atoms with E-state index in [9.17, 15) is 9.59 Å². The molecule has 0 spiro atoms. The first-order valence-electron chi connectivity index (χ1n) is 5.25. The summed E-state index contributed by atoms with van der Waals surface area (Å²) in [6.45, 7) is 1.84. The number of carbonyl (C=O) groups excluding carboxylic acids is 1. The Morgan fingerprint density at radius 2 is 1.88 bits per heavy atom. The lowest BCUT2D eigenvalue weighted by Gasteiger charge is -2.14. The van der Waals surface area contributed by atoms with Gasteiger partial charge in [-0.05, 0) is 24.6 Å². The van der Waals surface area contributed by atoms with Crippen molar-refractivity contribution < 1.29 is 14.7 Å². The average Bonchev–Trinajstić information content (AvgIpc) is 2.27. The van der Waals surface area contributed by atoms with Gasteiger partial charge in [0.15, 0.2) is 0 Å². The molecule has 0 unspecified atom stereocenters. The van der Waals surface area contributed by atoms with Crippen molar-refractivity contribution >= 4 is 23.5 Å². The number of aliphatic carboxylic acids is 1. The summed E-state index contributed by atoms with van der Waals surface area (Å²) in [5.41, 5.74) is 0.929. The lowest BCUT2D eigenvalue weighted by molar-refractivity contribution is -0.138. The molecule has 0 saturated heterocycles. The number of nitrogens with one attached hydrogen (secondary N) is 1. The molecule has 1 aromatic carbocycles. The van der Waals surface area contributed by atoms with Gasteiger partial charge in [0.2, 0.25) is 5.91 Å². The van der Waals surface area contributed by atoms with E-state index < -0.39 is 5.97 Å². The van der Waals surface area contributed by atoms with Crippen LogP contribution in [0, 0.1) is 0 Å². The highest BCUT2D eigenvalue weighted by atomic mass is 35.5. The van der Waals surface area contributed by atoms with Crippen LogP contribution in [0.3, 0.4) is 0 Å². The van der Waals surface area contributed by atoms with Crippen LogP contribution >= 0.6 is 11.6 Å². The topological polar surface area (TPSA) is 66.4 Å². The van der Waals surface area contributed by atoms with Crippen LogP contribution < -0.4 is 5.32 Å². The Kier molecular flexibility index (Phi) is 4.97. The summed E-state index contributed by atoms with van der Waals surface area (Å²) in [6.07, 6.45) is -0.160. The number of rotatable bonds is 5. The van der Waals surface area contributed by atoms with Gasteiger partial charge in [0.1, 0.15) is 0 Å². The number of halogens is 1. The summed E-state index contributed by atoms with van der Waals surface area (Å²) in [7, 11) is 0. The molecule has 0 heterocycles. The van der Waals surface area contributed by atoms with Crippen LogP contribution in [0.4, 0.5) is 0 Å². The number of amides is 1. The molecule has 92 valence electrons. The Hall–Kier alpha value is -1.55. The molecule has 1 atom stereocenters. The van der Waals surface area contributed by atoms with Gasteiger partial charge in [-0.25, -0.2) is 0 Å². The van der Waals surface area contributed by atoms with Gasteiger partial charge in [-0.2, -0.15) is 0 Å². The Labute approximate surface area is 105 Å². The molecule has 4 nitrogen and oxygen atoms in total. The van der Waals surface area contributed by atoms with Gasteiger partial charge in [0, 0.05) is 11.4 Å². The van der Waals surface area contributed by atoms with Gasteiger partial charge < -0.3 is 10.4 Å². The number of carbonyl (C=O) groups is 2. The summed E-state index contributed by atoms with van der Waals surface area (Å²) < 4.78 is 0. The quantitative estimate of drug-likeness (QED) is 0.849. The fourth-order valence-corrected chi connectivity index (χ4v) is 1.49. The molecule has 0 bridgehead atoms. The van der Waals surface area contributed by atoms with E-state index in [1.54, 1.807) is 12.1 Å². The van der Waals surface area contributed by atoms with E-state index in [2.05, 4.69) is 5.32 Å². The van der Waals surface area contributed by atoms with E-state index in [4.69, 9.17) is 16.7 Å². The Morgan fingerprint density at radius 1 is 1.29 bits per heavy atom. The van der Waals surface area contributed by atoms with Gasteiger partial charge in [-0.3, -0.25) is 9.59 Å². The molecule has 0 aliphatic carbocycles. The average molecular weight is 256 g/mol. The lowest BCUT2D eigenvalue weighted by atomic mass is 10.1. The molecule has 0 aromatic heterocycles. The van der Waals surface area contributed by atoms with Crippen molar-refractivity contribution in [3.63, 3.8) is 0 Å². The van der Waals surface area contributed by atoms with E-state index in [-0.39, 0.29) is 24.8 Å². The van der Waals surface area contributed by atoms with Crippen molar-refractivity contribution in [2.24, 2.45) is 0 Å². The van der Waals surface area contributed by atoms with Crippen LogP contribution in [0.5, 0.6) is 0 Å². The smallest absolute Gasteiger partial charge is 0.303 e. The van der Waals surface area contributed by atoms with E-state index >= 15 is 0 Å². The maximum atomic E-state index is 11.4. The second kappa shape index (κ2) is 6.25. The van der Waals surface area contributed by atoms with Crippen LogP contribution in [-0.4, -0.2) is 17.0 Å². The minimum absolute atomic E-state index is 0.00668. The molecule has 1 rings (SSSR count). The zero-order valence-electron chi connectivity index (χ0n) is 9.44. The molecule has 1 amide bonds. The van der Waals surface area contributed by atoms with Crippen molar-refractivity contribution in [2.75, 3.05) is 0 Å². The number of benzene rings is 1. The second-order valence-electron chi connectivity index (χ2n) is 3.73. The Balaban J connectivity index is 2.48. The number of carboxylic acids is 1. The standard InChI is InChI=1S/C12H14ClNO3/c1-8(9-2-4-10(13)5-3-9)14-11(15)6-7-12(16)17/h2-5,8H,6-7H2,1H3,(H,14,15)(H,16,17)/t8-/m0/s1. The molecular formula is C12H14ClNO3. The van der Waals surface area contributed by atoms with Crippen molar-refractivity contribution in [3.8, 4) is 0 Å². The number of hydrogen-bond donors (Lipinski definition) is 2. The predicted molar refractivity (Wildman–Crippen MR) is 64.9 cm³/mol. The van der Waals surface area contributed by atoms with E-state index in [0.29, 0.717) is 5.02 Å². The van der Waals surface area contributed by atoms with E-state index in [1.807, 2.05) is 19.1 Å². The van der Waals surface area contributed by atoms with Crippen molar-refractivity contribution in [1.82, 2.24) is 5.32 Å². The summed E-state index contributed by atoms with van der Waals surface area (Å²) in [5.74, 6) is -1.24. The molecule has 17 heavy (non-hydrogen) atoms. The third-order valence-electron chi connectivity index (χ3n) is 2.31. The Morgan fingerprint density at radius 3 is 2.41 bits per heavy atom. The molecule has 0 aliphatic rings. The summed E-state index contributed by atoms with van der Waals surface area (Å²) in [4.78, 5) is 21.7. The van der Waals surface area contributed by atoms with Crippen LogP contribution in [0.15, 0.2) is 24.3 Å². The van der Waals surface area contributed by atoms with Gasteiger partial charge in [-0.1, -0.05) is 23.7 Å². The van der Waals surface area contributed by atoms with Gasteiger partial charge in [-0.15, -0.1) is 0 Å². The minimum Gasteiger partial charge on any atom is -0.481 e. The molecule has 0 aliphatic heterocycles. The summed E-state index contributed by atoms with van der Waals surface area (Å²) in [6, 6.07) is 6.98. The second-order valence-corrected chi connectivity index (χ2v) is 4.17. The van der Waals surface area contributed by atoms with Crippen LogP contribution in [0.2, 0.25) is 5.02 Å². The molecule has 0 saturated carbocycles. The van der Waals surface area contributed by atoms with Crippen LogP contribution in [0.25, 0.3) is 0 Å². The maximum Gasteiger partial charge on any atom is 0.303 e. The highest BCUT2D eigenvalue weighted by Crippen LogP contribution is 2.16. The van der Waals surface area contributed by atoms with Crippen molar-refractivity contribution in [3.05, 3.63) is 34.9 Å². The highest BCUT2D eigenvalue weighted by molar-refractivity contribution is 6.30. The van der Waals surface area contributed by atoms with Gasteiger partial charge >= 0.3 is 5.97 Å². The van der Waals surface area contributed by atoms with Gasteiger partial charge in [0.05, 0.1) is 12.5 Å². The van der Waals surface area contributed by atoms with E-state index in [1.165, 1.54) is 0 Å². The zero-order valence-corrected chi connectivity index (χ0v) is 10.2. The zero-order chi connectivity index (χ0) is 12.8. The van der Waals surface area contributed by atoms with Crippen molar-refractivity contribution in [1.29, 1.82) is 0 Å². The predicted octanol–water partition coefficient (Wildman–Crippen LogP) is 2.38. The summed E-state index contributed by atoms with van der Waals surface area (Å²) in [5, 5.41) is 11.8. The molecule has 2 N–H and O–H groups in total. The fourth-order valence-electron chi connectivity index (χ4n) is 1.37. The number of hydrogen-bond acceptors (Lipinski definition) is 2. The highest BCUT2D eigenvalue weighted by Gasteiger charge is 2.10. The first kappa shape index (κ1) is 13.5. The summed E-state index contributed by atoms with van der Waals surface area (Å²) >= 11 is 5.75. The Bertz CT molecular complexity index is 403. The third-order valence-corrected chi connectivity index (χ3v) is 2.57. The SMILES string of the molecule is C[C@H](NC(=O)CCC(=O)O)c1ccc(Cl)cc1. The largest absolute Gasteiger partial charge is 0.481 e. The molecule has 0 radical (unpaired) electrons. The maximum absolute atomic E-state index is 11.4. The molecule has 5 heteroatoms. The lowest BCUT2D eigenvalue weighted by Crippen LogP contribution is -2.26. The fraction of sp³-hybridized carbons (Fsp3) is 0.333. The van der Waals surface area contributed by atoms with Crippen LogP contribution in [0.1, 0.15) is 31.4 Å². The third kappa shape index (κ3) is 4.87. The molecular weight excluding hydrogens is 242 g/mol. The molecule has 1 aromatic rings. The van der Waals surface area contributed by atoms with E-state index in [0.717, 1.165) is 5.56 Å². The first-order chi connectivity index (χ1) is 7.99. The first-order valence-corrected chi connectivity index (χ1v) is 5.63. The molecule has 0 fully saturated rings. The normalized spacial score (nSPS) is 11.9. The minimum atomic E-state index is -0.973. The number of carboxylic acid groups (broad SMARTS) is 1. The van der Waals surface area contributed by atoms with Gasteiger partial charge in [0.25, 0.3) is 0 Å². The monoisotopic (exact) mass is 255 g/mol.